The van der Waals surface area contributed by atoms with Gasteiger partial charge in [-0.05, 0) is 39.8 Å². The zero-order valence-corrected chi connectivity index (χ0v) is 13.2. The molecular weight excluding hydrogens is 281 g/mol. The lowest BCUT2D eigenvalue weighted by atomic mass is 10.3. The van der Waals surface area contributed by atoms with Gasteiger partial charge in [0.1, 0.15) is 5.82 Å². The minimum atomic E-state index is -3.60. The number of rotatable bonds is 7. The van der Waals surface area contributed by atoms with E-state index in [-0.39, 0.29) is 24.9 Å². The average molecular weight is 303 g/mol. The number of hydrogen-bond donors (Lipinski definition) is 0. The number of halogens is 1. The Hall–Kier alpha value is -1.14. The number of sulfonamides is 1. The molecule has 1 aromatic rings. The summed E-state index contributed by atoms with van der Waals surface area (Å²) < 4.78 is 45.1. The van der Waals surface area contributed by atoms with Crippen LogP contribution in [0.1, 0.15) is 27.7 Å². The molecule has 6 heteroatoms. The summed E-state index contributed by atoms with van der Waals surface area (Å²) in [6, 6.07) is 5.86. The second kappa shape index (κ2) is 7.04. The zero-order valence-electron chi connectivity index (χ0n) is 12.3. The Morgan fingerprint density at radius 2 is 1.80 bits per heavy atom. The van der Waals surface area contributed by atoms with Crippen molar-refractivity contribution in [3.63, 3.8) is 0 Å². The number of anilines is 1. The molecule has 0 atom stereocenters. The number of ether oxygens (including phenoxy) is 1. The molecule has 0 unspecified atom stereocenters. The third-order valence-electron chi connectivity index (χ3n) is 2.77. The maximum absolute atomic E-state index is 13.9. The van der Waals surface area contributed by atoms with Crippen molar-refractivity contribution >= 4 is 15.7 Å². The lowest BCUT2D eigenvalue weighted by Crippen LogP contribution is -2.39. The van der Waals surface area contributed by atoms with Gasteiger partial charge in [0, 0.05) is 0 Å². The van der Waals surface area contributed by atoms with Crippen LogP contribution in [0.15, 0.2) is 24.3 Å². The summed E-state index contributed by atoms with van der Waals surface area (Å²) in [6.07, 6.45) is -0.000718. The van der Waals surface area contributed by atoms with Crippen LogP contribution in [0.25, 0.3) is 0 Å². The minimum absolute atomic E-state index is 0.000718. The van der Waals surface area contributed by atoms with Gasteiger partial charge in [-0.3, -0.25) is 4.31 Å². The first-order valence-electron chi connectivity index (χ1n) is 6.64. The van der Waals surface area contributed by atoms with Crippen LogP contribution in [0.4, 0.5) is 10.1 Å². The molecule has 20 heavy (non-hydrogen) atoms. The maximum atomic E-state index is 13.9. The highest BCUT2D eigenvalue weighted by Gasteiger charge is 2.27. The van der Waals surface area contributed by atoms with Gasteiger partial charge in [0.05, 0.1) is 30.2 Å². The zero-order chi connectivity index (χ0) is 15.3. The van der Waals surface area contributed by atoms with E-state index in [0.29, 0.717) is 0 Å². The fourth-order valence-corrected chi connectivity index (χ4v) is 2.92. The molecule has 0 bridgehead atoms. The smallest absolute Gasteiger partial charge is 0.237 e. The summed E-state index contributed by atoms with van der Waals surface area (Å²) in [7, 11) is -3.60. The first-order chi connectivity index (χ1) is 9.26. The van der Waals surface area contributed by atoms with Crippen LogP contribution in [0.5, 0.6) is 0 Å². The van der Waals surface area contributed by atoms with Gasteiger partial charge in [-0.15, -0.1) is 0 Å². The molecule has 0 N–H and O–H groups in total. The molecule has 0 saturated carbocycles. The molecule has 0 radical (unpaired) electrons. The topological polar surface area (TPSA) is 46.6 Å². The Morgan fingerprint density at radius 3 is 2.30 bits per heavy atom. The van der Waals surface area contributed by atoms with Crippen LogP contribution in [0.2, 0.25) is 0 Å². The normalized spacial score (nSPS) is 12.2. The van der Waals surface area contributed by atoms with E-state index in [1.807, 2.05) is 13.8 Å². The first kappa shape index (κ1) is 16.9. The predicted molar refractivity (Wildman–Crippen MR) is 78.9 cm³/mol. The molecule has 0 spiro atoms. The summed E-state index contributed by atoms with van der Waals surface area (Å²) in [5, 5.41) is -0.624. The Morgan fingerprint density at radius 1 is 1.20 bits per heavy atom. The van der Waals surface area contributed by atoms with Gasteiger partial charge < -0.3 is 4.74 Å². The third-order valence-corrected chi connectivity index (χ3v) is 4.95. The molecule has 0 amide bonds. The Balaban J connectivity index is 3.06. The fourth-order valence-electron chi connectivity index (χ4n) is 1.66. The first-order valence-corrected chi connectivity index (χ1v) is 8.14. The molecule has 1 rings (SSSR count). The molecule has 0 aliphatic rings. The van der Waals surface area contributed by atoms with E-state index in [4.69, 9.17) is 4.74 Å². The lowest BCUT2D eigenvalue weighted by molar-refractivity contribution is 0.0855. The molecule has 4 nitrogen and oxygen atoms in total. The maximum Gasteiger partial charge on any atom is 0.237 e. The van der Waals surface area contributed by atoms with Crippen LogP contribution in [0, 0.1) is 5.82 Å². The summed E-state index contributed by atoms with van der Waals surface area (Å²) >= 11 is 0. The highest BCUT2D eigenvalue weighted by molar-refractivity contribution is 7.93. The average Bonchev–Trinajstić information content (AvgIpc) is 2.35. The van der Waals surface area contributed by atoms with Gasteiger partial charge in [0.25, 0.3) is 0 Å². The van der Waals surface area contributed by atoms with Gasteiger partial charge in [-0.1, -0.05) is 12.1 Å². The van der Waals surface area contributed by atoms with Crippen molar-refractivity contribution in [2.75, 3.05) is 17.5 Å². The van der Waals surface area contributed by atoms with Crippen molar-refractivity contribution < 1.29 is 17.5 Å². The van der Waals surface area contributed by atoms with Crippen LogP contribution < -0.4 is 4.31 Å². The van der Waals surface area contributed by atoms with Crippen molar-refractivity contribution in [1.29, 1.82) is 0 Å². The van der Waals surface area contributed by atoms with Crippen LogP contribution in [-0.2, 0) is 14.8 Å². The quantitative estimate of drug-likeness (QED) is 0.778. The summed E-state index contributed by atoms with van der Waals surface area (Å²) in [5.41, 5.74) is 0.0635. The largest absolute Gasteiger partial charge is 0.377 e. The molecule has 0 fully saturated rings. The van der Waals surface area contributed by atoms with Gasteiger partial charge in [-0.2, -0.15) is 0 Å². The fraction of sp³-hybridized carbons (Fsp3) is 0.571. The molecule has 114 valence electrons. The highest BCUT2D eigenvalue weighted by Crippen LogP contribution is 2.23. The van der Waals surface area contributed by atoms with Crippen molar-refractivity contribution in [2.45, 2.75) is 39.0 Å². The Bertz CT molecular complexity index is 529. The summed E-state index contributed by atoms with van der Waals surface area (Å²) in [5.74, 6) is -0.554. The van der Waals surface area contributed by atoms with Crippen molar-refractivity contribution in [3.05, 3.63) is 30.1 Å². The predicted octanol–water partition coefficient (Wildman–Crippen LogP) is 2.80. The molecule has 1 aromatic carbocycles. The number of nitrogens with zero attached hydrogens (tertiary/aromatic N) is 1. The Kier molecular flexibility index (Phi) is 5.95. The van der Waals surface area contributed by atoms with Gasteiger partial charge in [0.2, 0.25) is 10.0 Å². The van der Waals surface area contributed by atoms with E-state index < -0.39 is 21.1 Å². The molecule has 0 saturated heterocycles. The van der Waals surface area contributed by atoms with E-state index in [9.17, 15) is 12.8 Å². The second-order valence-corrected chi connectivity index (χ2v) is 7.45. The van der Waals surface area contributed by atoms with Gasteiger partial charge in [-0.25, -0.2) is 12.8 Å². The lowest BCUT2D eigenvalue weighted by Gasteiger charge is -2.27. The minimum Gasteiger partial charge on any atom is -0.377 e. The van der Waals surface area contributed by atoms with Gasteiger partial charge in [0.15, 0.2) is 0 Å². The highest BCUT2D eigenvalue weighted by atomic mass is 32.2. The van der Waals surface area contributed by atoms with Crippen molar-refractivity contribution in [2.24, 2.45) is 0 Å². The van der Waals surface area contributed by atoms with E-state index in [2.05, 4.69) is 0 Å². The monoisotopic (exact) mass is 303 g/mol. The molecule has 0 aliphatic heterocycles. The number of hydrogen-bond acceptors (Lipinski definition) is 3. The van der Waals surface area contributed by atoms with E-state index >= 15 is 0 Å². The second-order valence-electron chi connectivity index (χ2n) is 5.04. The van der Waals surface area contributed by atoms with Crippen molar-refractivity contribution in [3.8, 4) is 0 Å². The third kappa shape index (κ3) is 4.18. The van der Waals surface area contributed by atoms with Crippen LogP contribution in [0.3, 0.4) is 0 Å². The van der Waals surface area contributed by atoms with E-state index in [0.717, 1.165) is 4.31 Å². The SMILES string of the molecule is CC(C)OCCN(c1ccccc1F)S(=O)(=O)C(C)C. The summed E-state index contributed by atoms with van der Waals surface area (Å²) in [6.45, 7) is 7.20. The molecule has 0 heterocycles. The van der Waals surface area contributed by atoms with Crippen LogP contribution in [-0.4, -0.2) is 32.9 Å². The molecule has 0 aromatic heterocycles. The molecule has 0 aliphatic carbocycles. The number of benzene rings is 1. The molecular formula is C14H22FNO3S. The van der Waals surface area contributed by atoms with Gasteiger partial charge >= 0.3 is 0 Å². The van der Waals surface area contributed by atoms with Crippen LogP contribution >= 0.6 is 0 Å². The summed E-state index contributed by atoms with van der Waals surface area (Å²) in [4.78, 5) is 0. The standard InChI is InChI=1S/C14H22FNO3S/c1-11(2)19-10-9-16(20(17,18)12(3)4)14-8-6-5-7-13(14)15/h5-8,11-12H,9-10H2,1-4H3. The van der Waals surface area contributed by atoms with E-state index in [1.54, 1.807) is 19.9 Å². The Labute approximate surface area is 120 Å². The van der Waals surface area contributed by atoms with Crippen molar-refractivity contribution in [1.82, 2.24) is 0 Å². The number of para-hydroxylation sites is 1. The van der Waals surface area contributed by atoms with E-state index in [1.165, 1.54) is 18.2 Å².